The molecule has 0 spiro atoms. The molecule has 0 aromatic carbocycles. The van der Waals surface area contributed by atoms with Crippen LogP contribution in [0.2, 0.25) is 0 Å². The molecule has 0 unspecified atom stereocenters. The number of unbranched alkanes of at least 4 members (excludes halogenated alkanes) is 1. The average Bonchev–Trinajstić information content (AvgIpc) is 3.10. The van der Waals surface area contributed by atoms with Crippen LogP contribution in [0.4, 0.5) is 17.3 Å². The van der Waals surface area contributed by atoms with Crippen LogP contribution >= 0.6 is 0 Å². The molecule has 0 fully saturated rings. The molecule has 2 rings (SSSR count). The molecule has 0 bridgehead atoms. The van der Waals surface area contributed by atoms with Gasteiger partial charge < -0.3 is 10.5 Å². The highest BCUT2D eigenvalue weighted by atomic mass is 16.5. The second-order valence-corrected chi connectivity index (χ2v) is 6.02. The van der Waals surface area contributed by atoms with E-state index in [4.69, 9.17) is 10.5 Å². The van der Waals surface area contributed by atoms with Gasteiger partial charge in [0.25, 0.3) is 0 Å². The maximum Gasteiger partial charge on any atom is 0.343 e. The zero-order chi connectivity index (χ0) is 18.6. The number of ether oxygens (including phenoxy) is 1. The summed E-state index contributed by atoms with van der Waals surface area (Å²) in [7, 11) is 2.99. The minimum Gasteiger partial charge on any atom is -0.465 e. The Morgan fingerprint density at radius 1 is 1.40 bits per heavy atom. The highest BCUT2D eigenvalue weighted by Gasteiger charge is 2.19. The van der Waals surface area contributed by atoms with E-state index in [1.807, 2.05) is 13.8 Å². The Morgan fingerprint density at radius 3 is 2.72 bits per heavy atom. The largest absolute Gasteiger partial charge is 0.465 e. The lowest BCUT2D eigenvalue weighted by atomic mass is 10.2. The number of hydrogen-bond donors (Lipinski definition) is 1. The third-order valence-corrected chi connectivity index (χ3v) is 3.81. The lowest BCUT2D eigenvalue weighted by Crippen LogP contribution is -2.07. The van der Waals surface area contributed by atoms with Crippen LogP contribution < -0.4 is 5.73 Å². The Balaban J connectivity index is 2.44. The quantitative estimate of drug-likeness (QED) is 0.609. The molecule has 25 heavy (non-hydrogen) atoms. The Labute approximate surface area is 146 Å². The SMILES string of the molecule is CCCCc1nn(C(C)C)c(N)c1N=Nc1c(C(=O)OC)cnn1C. The second kappa shape index (κ2) is 7.91. The Hall–Kier alpha value is -2.71. The summed E-state index contributed by atoms with van der Waals surface area (Å²) < 4.78 is 7.95. The van der Waals surface area contributed by atoms with Gasteiger partial charge in [0.15, 0.2) is 11.5 Å². The van der Waals surface area contributed by atoms with Crippen LogP contribution in [0.15, 0.2) is 16.4 Å². The molecule has 136 valence electrons. The number of carbonyl (C=O) groups excluding carboxylic acids is 1. The third kappa shape index (κ3) is 3.86. The number of nitrogen functional groups attached to an aromatic ring is 1. The van der Waals surface area contributed by atoms with Crippen molar-refractivity contribution in [3.8, 4) is 0 Å². The lowest BCUT2D eigenvalue weighted by molar-refractivity contribution is 0.0601. The maximum absolute atomic E-state index is 11.8. The first kappa shape index (κ1) is 18.6. The Bertz CT molecular complexity index is 774. The van der Waals surface area contributed by atoms with Gasteiger partial charge in [0, 0.05) is 13.1 Å². The van der Waals surface area contributed by atoms with Crippen molar-refractivity contribution >= 4 is 23.3 Å². The molecular weight excluding hydrogens is 322 g/mol. The average molecular weight is 347 g/mol. The van der Waals surface area contributed by atoms with Crippen molar-refractivity contribution in [1.82, 2.24) is 19.6 Å². The molecule has 0 aliphatic carbocycles. The van der Waals surface area contributed by atoms with Crippen LogP contribution in [0.3, 0.4) is 0 Å². The zero-order valence-corrected chi connectivity index (χ0v) is 15.4. The molecule has 2 aromatic heterocycles. The summed E-state index contributed by atoms with van der Waals surface area (Å²) >= 11 is 0. The molecule has 0 radical (unpaired) electrons. The predicted octanol–water partition coefficient (Wildman–Crippen LogP) is 3.32. The molecule has 0 atom stereocenters. The Kier molecular flexibility index (Phi) is 5.89. The fourth-order valence-corrected chi connectivity index (χ4v) is 2.40. The lowest BCUT2D eigenvalue weighted by Gasteiger charge is -2.06. The molecule has 9 heteroatoms. The van der Waals surface area contributed by atoms with E-state index in [-0.39, 0.29) is 11.6 Å². The number of aryl methyl sites for hydroxylation is 2. The van der Waals surface area contributed by atoms with Gasteiger partial charge in [-0.05, 0) is 26.7 Å². The first-order valence-electron chi connectivity index (χ1n) is 8.29. The van der Waals surface area contributed by atoms with E-state index in [0.717, 1.165) is 25.0 Å². The van der Waals surface area contributed by atoms with Crippen LogP contribution in [0.25, 0.3) is 0 Å². The van der Waals surface area contributed by atoms with Crippen molar-refractivity contribution in [1.29, 1.82) is 0 Å². The van der Waals surface area contributed by atoms with Crippen molar-refractivity contribution in [3.05, 3.63) is 17.5 Å². The second-order valence-electron chi connectivity index (χ2n) is 6.02. The number of carbonyl (C=O) groups is 1. The van der Waals surface area contributed by atoms with Gasteiger partial charge in [0.2, 0.25) is 0 Å². The predicted molar refractivity (Wildman–Crippen MR) is 94.4 cm³/mol. The highest BCUT2D eigenvalue weighted by Crippen LogP contribution is 2.32. The molecule has 0 saturated carbocycles. The van der Waals surface area contributed by atoms with Gasteiger partial charge in [-0.1, -0.05) is 13.3 Å². The first-order valence-corrected chi connectivity index (χ1v) is 8.29. The van der Waals surface area contributed by atoms with Gasteiger partial charge >= 0.3 is 5.97 Å². The molecule has 2 N–H and O–H groups in total. The van der Waals surface area contributed by atoms with Crippen molar-refractivity contribution in [2.24, 2.45) is 17.3 Å². The molecule has 0 aliphatic heterocycles. The van der Waals surface area contributed by atoms with Crippen molar-refractivity contribution in [3.63, 3.8) is 0 Å². The van der Waals surface area contributed by atoms with Crippen molar-refractivity contribution in [2.45, 2.75) is 46.1 Å². The fourth-order valence-electron chi connectivity index (χ4n) is 2.40. The van der Waals surface area contributed by atoms with E-state index >= 15 is 0 Å². The number of methoxy groups -OCH3 is 1. The van der Waals surface area contributed by atoms with E-state index < -0.39 is 5.97 Å². The van der Waals surface area contributed by atoms with Crippen LogP contribution in [-0.4, -0.2) is 32.6 Å². The summed E-state index contributed by atoms with van der Waals surface area (Å²) in [6, 6.07) is 0.117. The van der Waals surface area contributed by atoms with Crippen LogP contribution in [0, 0.1) is 0 Å². The van der Waals surface area contributed by atoms with Gasteiger partial charge in [0.1, 0.15) is 11.4 Å². The molecule has 2 heterocycles. The maximum atomic E-state index is 11.8. The number of nitrogens with two attached hydrogens (primary N) is 1. The van der Waals surface area contributed by atoms with E-state index in [1.54, 1.807) is 11.7 Å². The summed E-state index contributed by atoms with van der Waals surface area (Å²) in [5.74, 6) is 0.260. The number of hydrogen-bond acceptors (Lipinski definition) is 7. The molecular formula is C16H25N7O2. The first-order chi connectivity index (χ1) is 11.9. The summed E-state index contributed by atoms with van der Waals surface area (Å²) in [5.41, 5.74) is 7.80. The standard InChI is InChI=1S/C16H25N7O2/c1-6-7-8-12-13(14(17)23(21-12)10(2)3)19-20-15-11(16(24)25-5)9-18-22(15)4/h9-10H,6-8,17H2,1-5H3. The van der Waals surface area contributed by atoms with Crippen LogP contribution in [0.1, 0.15) is 55.7 Å². The summed E-state index contributed by atoms with van der Waals surface area (Å²) in [5, 5.41) is 17.1. The molecule has 0 saturated heterocycles. The van der Waals surface area contributed by atoms with Gasteiger partial charge in [-0.3, -0.25) is 0 Å². The van der Waals surface area contributed by atoms with Crippen LogP contribution in [-0.2, 0) is 18.2 Å². The molecule has 9 nitrogen and oxygen atoms in total. The van der Waals surface area contributed by atoms with Gasteiger partial charge in [-0.25, -0.2) is 14.2 Å². The monoisotopic (exact) mass is 347 g/mol. The highest BCUT2D eigenvalue weighted by molar-refractivity contribution is 5.93. The van der Waals surface area contributed by atoms with Crippen LogP contribution in [0.5, 0.6) is 0 Å². The molecule has 2 aromatic rings. The summed E-state index contributed by atoms with van der Waals surface area (Å²) in [4.78, 5) is 11.8. The summed E-state index contributed by atoms with van der Waals surface area (Å²) in [6.07, 6.45) is 4.19. The molecule has 0 amide bonds. The number of esters is 1. The smallest absolute Gasteiger partial charge is 0.343 e. The normalized spacial score (nSPS) is 11.6. The number of nitrogens with zero attached hydrogens (tertiary/aromatic N) is 6. The minimum absolute atomic E-state index is 0.117. The van der Waals surface area contributed by atoms with E-state index in [9.17, 15) is 4.79 Å². The number of anilines is 1. The van der Waals surface area contributed by atoms with E-state index in [2.05, 4.69) is 27.3 Å². The number of aromatic nitrogens is 4. The molecule has 0 aliphatic rings. The minimum atomic E-state index is -0.515. The van der Waals surface area contributed by atoms with Gasteiger partial charge in [0.05, 0.1) is 19.0 Å². The van der Waals surface area contributed by atoms with Gasteiger partial charge in [-0.2, -0.15) is 10.2 Å². The number of azo groups is 1. The zero-order valence-electron chi connectivity index (χ0n) is 15.4. The van der Waals surface area contributed by atoms with Crippen molar-refractivity contribution < 1.29 is 9.53 Å². The van der Waals surface area contributed by atoms with Crippen molar-refractivity contribution in [2.75, 3.05) is 12.8 Å². The van der Waals surface area contributed by atoms with E-state index in [0.29, 0.717) is 17.3 Å². The third-order valence-electron chi connectivity index (χ3n) is 3.81. The topological polar surface area (TPSA) is 113 Å². The fraction of sp³-hybridized carbons (Fsp3) is 0.562. The van der Waals surface area contributed by atoms with Gasteiger partial charge in [-0.15, -0.1) is 10.2 Å². The van der Waals surface area contributed by atoms with E-state index in [1.165, 1.54) is 18.0 Å². The summed E-state index contributed by atoms with van der Waals surface area (Å²) in [6.45, 7) is 6.12. The Morgan fingerprint density at radius 2 is 2.12 bits per heavy atom. The number of rotatable bonds is 7.